The average Bonchev–Trinajstić information content (AvgIpc) is 2.41. The van der Waals surface area contributed by atoms with Crippen molar-refractivity contribution in [3.63, 3.8) is 0 Å². The lowest BCUT2D eigenvalue weighted by atomic mass is 9.85. The van der Waals surface area contributed by atoms with E-state index in [1.165, 1.54) is 12.3 Å². The van der Waals surface area contributed by atoms with E-state index in [1.54, 1.807) is 0 Å². The van der Waals surface area contributed by atoms with Crippen LogP contribution in [0.15, 0.2) is 16.7 Å². The van der Waals surface area contributed by atoms with Gasteiger partial charge in [0.2, 0.25) is 0 Å². The number of nitrogens with one attached hydrogen (secondary N) is 1. The number of pyridine rings is 1. The van der Waals surface area contributed by atoms with E-state index in [4.69, 9.17) is 5.26 Å². The second-order valence-electron chi connectivity index (χ2n) is 4.55. The fraction of sp³-hybridized carbons (Fsp3) is 0.500. The molecule has 1 aliphatic carbocycles. The Labute approximate surface area is 119 Å². The van der Waals surface area contributed by atoms with Gasteiger partial charge in [0.15, 0.2) is 0 Å². The van der Waals surface area contributed by atoms with E-state index in [9.17, 15) is 10.1 Å². The third-order valence-electron chi connectivity index (χ3n) is 3.29. The van der Waals surface area contributed by atoms with Crippen molar-refractivity contribution in [2.75, 3.05) is 5.32 Å². The number of anilines is 1. The molecule has 0 radical (unpaired) electrons. The highest BCUT2D eigenvalue weighted by Crippen LogP contribution is 2.30. The van der Waals surface area contributed by atoms with Crippen molar-refractivity contribution >= 4 is 27.4 Å². The molecule has 2 atom stereocenters. The Kier molecular flexibility index (Phi) is 4.32. The predicted octanol–water partition coefficient (Wildman–Crippen LogP) is 3.25. The van der Waals surface area contributed by atoms with Gasteiger partial charge in [-0.05, 0) is 28.8 Å². The van der Waals surface area contributed by atoms with Crippen LogP contribution in [-0.2, 0) is 0 Å². The van der Waals surface area contributed by atoms with Crippen molar-refractivity contribution in [1.82, 2.24) is 4.98 Å². The summed E-state index contributed by atoms with van der Waals surface area (Å²) >= 11 is 3.27. The number of nitriles is 1. The van der Waals surface area contributed by atoms with Gasteiger partial charge in [-0.25, -0.2) is 4.98 Å². The van der Waals surface area contributed by atoms with Crippen LogP contribution in [0.3, 0.4) is 0 Å². The highest BCUT2D eigenvalue weighted by Gasteiger charge is 2.25. The topological polar surface area (TPSA) is 91.8 Å². The van der Waals surface area contributed by atoms with Crippen LogP contribution in [0.4, 0.5) is 11.5 Å². The summed E-state index contributed by atoms with van der Waals surface area (Å²) in [6.07, 6.45) is 5.19. The summed E-state index contributed by atoms with van der Waals surface area (Å²) in [4.78, 5) is 14.2. The average molecular weight is 325 g/mol. The van der Waals surface area contributed by atoms with Crippen LogP contribution in [0.1, 0.15) is 25.7 Å². The summed E-state index contributed by atoms with van der Waals surface area (Å²) in [5.41, 5.74) is -0.0575. The first kappa shape index (κ1) is 13.7. The van der Waals surface area contributed by atoms with Crippen molar-refractivity contribution in [1.29, 1.82) is 5.26 Å². The molecule has 0 aromatic carbocycles. The van der Waals surface area contributed by atoms with Crippen molar-refractivity contribution in [3.8, 4) is 6.07 Å². The number of nitrogens with zero attached hydrogens (tertiary/aromatic N) is 3. The van der Waals surface area contributed by atoms with E-state index in [1.807, 2.05) is 0 Å². The van der Waals surface area contributed by atoms with Gasteiger partial charge in [-0.15, -0.1) is 0 Å². The molecule has 100 valence electrons. The third-order valence-corrected chi connectivity index (χ3v) is 3.90. The zero-order valence-corrected chi connectivity index (χ0v) is 11.8. The van der Waals surface area contributed by atoms with Gasteiger partial charge in [0.05, 0.1) is 21.4 Å². The summed E-state index contributed by atoms with van der Waals surface area (Å²) < 4.78 is 0.545. The predicted molar refractivity (Wildman–Crippen MR) is 73.6 cm³/mol. The number of hydrogen-bond donors (Lipinski definition) is 1. The molecule has 19 heavy (non-hydrogen) atoms. The molecule has 1 aromatic heterocycles. The number of rotatable bonds is 3. The van der Waals surface area contributed by atoms with Crippen molar-refractivity contribution in [2.24, 2.45) is 5.92 Å². The lowest BCUT2D eigenvalue weighted by Crippen LogP contribution is -2.31. The van der Waals surface area contributed by atoms with Gasteiger partial charge in [-0.3, -0.25) is 10.1 Å². The van der Waals surface area contributed by atoms with Crippen molar-refractivity contribution in [2.45, 2.75) is 31.7 Å². The zero-order valence-electron chi connectivity index (χ0n) is 10.2. The first-order valence-electron chi connectivity index (χ1n) is 6.08. The van der Waals surface area contributed by atoms with Crippen LogP contribution < -0.4 is 5.32 Å². The molecule has 2 rings (SSSR count). The van der Waals surface area contributed by atoms with Crippen LogP contribution >= 0.6 is 15.9 Å². The number of nitro groups is 1. The molecule has 0 amide bonds. The van der Waals surface area contributed by atoms with Crippen LogP contribution in [-0.4, -0.2) is 15.9 Å². The minimum absolute atomic E-state index is 0.0300. The Morgan fingerprint density at radius 2 is 2.26 bits per heavy atom. The molecule has 7 heteroatoms. The van der Waals surface area contributed by atoms with Crippen LogP contribution in [0.25, 0.3) is 0 Å². The second-order valence-corrected chi connectivity index (χ2v) is 5.41. The lowest BCUT2D eigenvalue weighted by molar-refractivity contribution is -0.385. The molecule has 1 fully saturated rings. The van der Waals surface area contributed by atoms with Gasteiger partial charge in [-0.2, -0.15) is 5.26 Å². The zero-order chi connectivity index (χ0) is 13.8. The molecule has 6 nitrogen and oxygen atoms in total. The Balaban J connectivity index is 2.14. The molecule has 0 saturated heterocycles. The van der Waals surface area contributed by atoms with Crippen molar-refractivity contribution < 1.29 is 4.92 Å². The summed E-state index contributed by atoms with van der Waals surface area (Å²) in [6, 6.07) is 3.78. The molecule has 1 aliphatic rings. The monoisotopic (exact) mass is 324 g/mol. The highest BCUT2D eigenvalue weighted by atomic mass is 79.9. The van der Waals surface area contributed by atoms with E-state index in [-0.39, 0.29) is 17.6 Å². The van der Waals surface area contributed by atoms with Crippen molar-refractivity contribution in [3.05, 3.63) is 26.9 Å². The van der Waals surface area contributed by atoms with E-state index in [0.717, 1.165) is 25.7 Å². The molecule has 0 bridgehead atoms. The SMILES string of the molecule is N#CC1CCCCC1Nc1ncc([N+](=O)[O-])cc1Br. The van der Waals surface area contributed by atoms with Crippen LogP contribution in [0.5, 0.6) is 0 Å². The minimum atomic E-state index is -0.486. The van der Waals surface area contributed by atoms with Gasteiger partial charge in [0.25, 0.3) is 5.69 Å². The fourth-order valence-corrected chi connectivity index (χ4v) is 2.72. The molecule has 0 aliphatic heterocycles. The molecule has 1 aromatic rings. The van der Waals surface area contributed by atoms with E-state index in [0.29, 0.717) is 10.3 Å². The van der Waals surface area contributed by atoms with E-state index in [2.05, 4.69) is 32.3 Å². The first-order chi connectivity index (χ1) is 9.11. The first-order valence-corrected chi connectivity index (χ1v) is 6.87. The molecule has 1 heterocycles. The highest BCUT2D eigenvalue weighted by molar-refractivity contribution is 9.10. The Morgan fingerprint density at radius 1 is 1.53 bits per heavy atom. The maximum atomic E-state index is 10.6. The summed E-state index contributed by atoms with van der Waals surface area (Å²) in [5, 5.41) is 23.0. The van der Waals surface area contributed by atoms with Crippen LogP contribution in [0, 0.1) is 27.4 Å². The molecule has 0 spiro atoms. The molecule has 1 saturated carbocycles. The molecular formula is C12H13BrN4O2. The second kappa shape index (κ2) is 5.97. The minimum Gasteiger partial charge on any atom is -0.365 e. The smallest absolute Gasteiger partial charge is 0.288 e. The van der Waals surface area contributed by atoms with Gasteiger partial charge < -0.3 is 5.32 Å². The molecule has 1 N–H and O–H groups in total. The molecule has 2 unspecified atom stereocenters. The molecular weight excluding hydrogens is 312 g/mol. The lowest BCUT2D eigenvalue weighted by Gasteiger charge is -2.28. The summed E-state index contributed by atoms with van der Waals surface area (Å²) in [5.74, 6) is 0.524. The number of hydrogen-bond acceptors (Lipinski definition) is 5. The summed E-state index contributed by atoms with van der Waals surface area (Å²) in [7, 11) is 0. The normalized spacial score (nSPS) is 22.5. The van der Waals surface area contributed by atoms with E-state index >= 15 is 0 Å². The fourth-order valence-electron chi connectivity index (χ4n) is 2.27. The maximum Gasteiger partial charge on any atom is 0.288 e. The summed E-state index contributed by atoms with van der Waals surface area (Å²) in [6.45, 7) is 0. The number of aromatic nitrogens is 1. The van der Waals surface area contributed by atoms with Gasteiger partial charge in [0.1, 0.15) is 12.0 Å². The van der Waals surface area contributed by atoms with Gasteiger partial charge in [-0.1, -0.05) is 12.8 Å². The van der Waals surface area contributed by atoms with E-state index < -0.39 is 4.92 Å². The Bertz CT molecular complexity index is 529. The largest absolute Gasteiger partial charge is 0.365 e. The standard InChI is InChI=1S/C12H13BrN4O2/c13-10-5-9(17(18)19)7-15-12(10)16-11-4-2-1-3-8(11)6-14/h5,7-8,11H,1-4H2,(H,15,16). The Hall–Kier alpha value is -1.68. The third kappa shape index (κ3) is 3.20. The maximum absolute atomic E-state index is 10.6. The van der Waals surface area contributed by atoms with Gasteiger partial charge in [0, 0.05) is 12.1 Å². The Morgan fingerprint density at radius 3 is 2.89 bits per heavy atom. The van der Waals surface area contributed by atoms with Crippen LogP contribution in [0.2, 0.25) is 0 Å². The van der Waals surface area contributed by atoms with Gasteiger partial charge >= 0.3 is 0 Å². The number of halogens is 1. The quantitative estimate of drug-likeness (QED) is 0.680.